The van der Waals surface area contributed by atoms with Crippen molar-refractivity contribution in [2.24, 2.45) is 0 Å². The Balaban J connectivity index is 1.76. The van der Waals surface area contributed by atoms with Crippen molar-refractivity contribution < 1.29 is 14.1 Å². The number of ether oxygens (including phenoxy) is 1. The van der Waals surface area contributed by atoms with Gasteiger partial charge in [0, 0.05) is 18.0 Å². The lowest BCUT2D eigenvalue weighted by atomic mass is 10.2. The van der Waals surface area contributed by atoms with Gasteiger partial charge in [-0.05, 0) is 31.2 Å². The number of rotatable bonds is 5. The van der Waals surface area contributed by atoms with E-state index in [1.54, 1.807) is 43.5 Å². The molecule has 24 heavy (non-hydrogen) atoms. The fourth-order valence-electron chi connectivity index (χ4n) is 2.02. The largest absolute Gasteiger partial charge is 0.465 e. The molecule has 0 aliphatic rings. The van der Waals surface area contributed by atoms with E-state index in [4.69, 9.17) is 9.26 Å². The predicted octanol–water partition coefficient (Wildman–Crippen LogP) is 3.05. The van der Waals surface area contributed by atoms with Crippen molar-refractivity contribution in [3.05, 3.63) is 53.9 Å². The van der Waals surface area contributed by atoms with Crippen LogP contribution in [0, 0.1) is 6.92 Å². The van der Waals surface area contributed by atoms with Crippen molar-refractivity contribution in [3.63, 3.8) is 0 Å². The van der Waals surface area contributed by atoms with E-state index in [9.17, 15) is 4.79 Å². The Morgan fingerprint density at radius 2 is 2.04 bits per heavy atom. The molecule has 2 N–H and O–H groups in total. The molecule has 8 heteroatoms. The maximum absolute atomic E-state index is 11.6. The van der Waals surface area contributed by atoms with Crippen LogP contribution in [0.5, 0.6) is 0 Å². The van der Waals surface area contributed by atoms with E-state index in [1.807, 2.05) is 6.07 Å². The Morgan fingerprint density at radius 1 is 1.17 bits per heavy atom. The number of aryl methyl sites for hydroxylation is 1. The molecule has 1 aromatic carbocycles. The van der Waals surface area contributed by atoms with E-state index in [2.05, 4.69) is 25.8 Å². The van der Waals surface area contributed by atoms with E-state index >= 15 is 0 Å². The second-order valence-corrected chi connectivity index (χ2v) is 4.91. The lowest BCUT2D eigenvalue weighted by Crippen LogP contribution is -2.03. The van der Waals surface area contributed by atoms with Crippen molar-refractivity contribution >= 4 is 29.2 Å². The Hall–Kier alpha value is -3.42. The molecule has 8 nitrogen and oxygen atoms in total. The molecule has 0 spiro atoms. The summed E-state index contributed by atoms with van der Waals surface area (Å²) in [7, 11) is 1.34. The third kappa shape index (κ3) is 3.67. The number of nitrogens with one attached hydrogen (secondary N) is 2. The van der Waals surface area contributed by atoms with Crippen LogP contribution in [0.15, 0.2) is 47.1 Å². The van der Waals surface area contributed by atoms with Gasteiger partial charge in [0.05, 0.1) is 12.7 Å². The highest BCUT2D eigenvalue weighted by Gasteiger charge is 2.07. The van der Waals surface area contributed by atoms with E-state index in [-0.39, 0.29) is 0 Å². The molecular weight excluding hydrogens is 310 g/mol. The summed E-state index contributed by atoms with van der Waals surface area (Å²) in [4.78, 5) is 20.0. The molecule has 0 bridgehead atoms. The van der Waals surface area contributed by atoms with E-state index < -0.39 is 5.97 Å². The van der Waals surface area contributed by atoms with E-state index in [1.165, 1.54) is 7.11 Å². The number of nitrogens with zero attached hydrogens (tertiary/aromatic N) is 3. The van der Waals surface area contributed by atoms with Crippen LogP contribution in [0.4, 0.5) is 23.3 Å². The van der Waals surface area contributed by atoms with Crippen molar-refractivity contribution in [3.8, 4) is 0 Å². The third-order valence-corrected chi connectivity index (χ3v) is 3.08. The first kappa shape index (κ1) is 15.5. The first-order chi connectivity index (χ1) is 11.6. The number of anilines is 4. The second kappa shape index (κ2) is 6.78. The number of esters is 1. The van der Waals surface area contributed by atoms with Crippen LogP contribution >= 0.6 is 0 Å². The monoisotopic (exact) mass is 325 g/mol. The van der Waals surface area contributed by atoms with Gasteiger partial charge in [-0.1, -0.05) is 11.2 Å². The fraction of sp³-hybridized carbons (Fsp3) is 0.125. The Bertz CT molecular complexity index is 862. The number of methoxy groups -OCH3 is 1. The SMILES string of the molecule is COC(=O)c1cccc(Nc2ccnc(Nc3cc(C)on3)n2)c1. The molecule has 3 aromatic rings. The second-order valence-electron chi connectivity index (χ2n) is 4.91. The van der Waals surface area contributed by atoms with Gasteiger partial charge in [-0.2, -0.15) is 4.98 Å². The molecule has 0 aliphatic heterocycles. The summed E-state index contributed by atoms with van der Waals surface area (Å²) in [6.07, 6.45) is 1.61. The van der Waals surface area contributed by atoms with Gasteiger partial charge in [-0.25, -0.2) is 9.78 Å². The highest BCUT2D eigenvalue weighted by molar-refractivity contribution is 5.90. The van der Waals surface area contributed by atoms with Gasteiger partial charge in [0.1, 0.15) is 11.6 Å². The van der Waals surface area contributed by atoms with Crippen molar-refractivity contribution in [1.82, 2.24) is 15.1 Å². The lowest BCUT2D eigenvalue weighted by Gasteiger charge is -2.08. The summed E-state index contributed by atoms with van der Waals surface area (Å²) < 4.78 is 9.69. The summed E-state index contributed by atoms with van der Waals surface area (Å²) in [5, 5.41) is 9.89. The molecule has 0 unspecified atom stereocenters. The average Bonchev–Trinajstić information content (AvgIpc) is 2.99. The zero-order chi connectivity index (χ0) is 16.9. The minimum Gasteiger partial charge on any atom is -0.465 e. The van der Waals surface area contributed by atoms with Gasteiger partial charge in [0.15, 0.2) is 5.82 Å². The Kier molecular flexibility index (Phi) is 4.37. The first-order valence-corrected chi connectivity index (χ1v) is 7.13. The number of hydrogen-bond acceptors (Lipinski definition) is 8. The quantitative estimate of drug-likeness (QED) is 0.690. The minimum atomic E-state index is -0.398. The number of benzene rings is 1. The molecule has 0 amide bonds. The Labute approximate surface area is 137 Å². The number of aromatic nitrogens is 3. The summed E-state index contributed by atoms with van der Waals surface area (Å²) in [6.45, 7) is 1.80. The summed E-state index contributed by atoms with van der Waals surface area (Å²) in [5.74, 6) is 1.75. The molecule has 0 atom stereocenters. The van der Waals surface area contributed by atoms with Gasteiger partial charge in [0.2, 0.25) is 5.95 Å². The summed E-state index contributed by atoms with van der Waals surface area (Å²) >= 11 is 0. The average molecular weight is 325 g/mol. The van der Waals surface area contributed by atoms with Gasteiger partial charge in [0.25, 0.3) is 0 Å². The smallest absolute Gasteiger partial charge is 0.337 e. The van der Waals surface area contributed by atoms with Crippen LogP contribution in [-0.2, 0) is 4.74 Å². The molecule has 122 valence electrons. The minimum absolute atomic E-state index is 0.373. The van der Waals surface area contributed by atoms with Crippen LogP contribution < -0.4 is 10.6 Å². The van der Waals surface area contributed by atoms with Crippen molar-refractivity contribution in [1.29, 1.82) is 0 Å². The van der Waals surface area contributed by atoms with Crippen LogP contribution in [0.3, 0.4) is 0 Å². The summed E-state index contributed by atoms with van der Waals surface area (Å²) in [5.41, 5.74) is 1.16. The molecular formula is C16H15N5O3. The van der Waals surface area contributed by atoms with Crippen LogP contribution in [0.1, 0.15) is 16.1 Å². The molecule has 0 aliphatic carbocycles. The molecule has 0 radical (unpaired) electrons. The van der Waals surface area contributed by atoms with Crippen LogP contribution in [0.25, 0.3) is 0 Å². The third-order valence-electron chi connectivity index (χ3n) is 3.08. The number of hydrogen-bond donors (Lipinski definition) is 2. The van der Waals surface area contributed by atoms with E-state index in [0.29, 0.717) is 34.6 Å². The number of carbonyl (C=O) groups is 1. The van der Waals surface area contributed by atoms with Crippen molar-refractivity contribution in [2.75, 3.05) is 17.7 Å². The molecule has 2 heterocycles. The molecule has 0 saturated heterocycles. The zero-order valence-electron chi connectivity index (χ0n) is 13.1. The zero-order valence-corrected chi connectivity index (χ0v) is 13.1. The molecule has 2 aromatic heterocycles. The van der Waals surface area contributed by atoms with Crippen LogP contribution in [-0.4, -0.2) is 28.2 Å². The number of carbonyl (C=O) groups excluding carboxylic acids is 1. The normalized spacial score (nSPS) is 10.2. The lowest BCUT2D eigenvalue weighted by molar-refractivity contribution is 0.0601. The van der Waals surface area contributed by atoms with Gasteiger partial charge < -0.3 is 19.9 Å². The predicted molar refractivity (Wildman–Crippen MR) is 87.6 cm³/mol. The van der Waals surface area contributed by atoms with E-state index in [0.717, 1.165) is 0 Å². The first-order valence-electron chi connectivity index (χ1n) is 7.13. The van der Waals surface area contributed by atoms with Crippen molar-refractivity contribution in [2.45, 2.75) is 6.92 Å². The maximum atomic E-state index is 11.6. The standard InChI is InChI=1S/C16H15N5O3/c1-10-8-14(21-24-10)20-16-17-7-6-13(19-16)18-12-5-3-4-11(9-12)15(22)23-2/h3-9H,1-2H3,(H2,17,18,19,20,21). The highest BCUT2D eigenvalue weighted by atomic mass is 16.5. The summed E-state index contributed by atoms with van der Waals surface area (Å²) in [6, 6.07) is 10.4. The van der Waals surface area contributed by atoms with Gasteiger partial charge in [-0.3, -0.25) is 0 Å². The van der Waals surface area contributed by atoms with Gasteiger partial charge in [-0.15, -0.1) is 0 Å². The Morgan fingerprint density at radius 3 is 2.79 bits per heavy atom. The topological polar surface area (TPSA) is 102 Å². The highest BCUT2D eigenvalue weighted by Crippen LogP contribution is 2.18. The van der Waals surface area contributed by atoms with Gasteiger partial charge >= 0.3 is 5.97 Å². The molecule has 0 saturated carbocycles. The molecule has 0 fully saturated rings. The maximum Gasteiger partial charge on any atom is 0.337 e. The van der Waals surface area contributed by atoms with Crippen LogP contribution in [0.2, 0.25) is 0 Å². The molecule has 3 rings (SSSR count). The fourth-order valence-corrected chi connectivity index (χ4v) is 2.02.